The predicted octanol–water partition coefficient (Wildman–Crippen LogP) is 5.45. The zero-order valence-corrected chi connectivity index (χ0v) is 26.7. The fraction of sp³-hybridized carbons (Fsp3) is 0.314. The Kier molecular flexibility index (Phi) is 7.06. The Morgan fingerprint density at radius 2 is 1.70 bits per heavy atom. The number of imide groups is 1. The lowest BCUT2D eigenvalue weighted by atomic mass is 9.68. The minimum absolute atomic E-state index is 0.000376. The van der Waals surface area contributed by atoms with E-state index in [1.807, 2.05) is 73.7 Å². The lowest BCUT2D eigenvalue weighted by molar-refractivity contribution is -0.123. The first-order valence-corrected chi connectivity index (χ1v) is 17.0. The number of H-pyrrole nitrogens is 1. The Morgan fingerprint density at radius 3 is 2.43 bits per heavy atom. The Balaban J connectivity index is 1.09. The number of hydrogen-bond donors (Lipinski definition) is 2. The van der Waals surface area contributed by atoms with E-state index in [-0.39, 0.29) is 70.0 Å². The number of aromatic amines is 1. The van der Waals surface area contributed by atoms with Gasteiger partial charge < -0.3 is 19.8 Å². The third-order valence-corrected chi connectivity index (χ3v) is 12.6. The van der Waals surface area contributed by atoms with E-state index in [0.29, 0.717) is 22.9 Å². The number of thioether (sulfide) groups is 1. The summed E-state index contributed by atoms with van der Waals surface area (Å²) in [6.07, 6.45) is 0.807. The van der Waals surface area contributed by atoms with Crippen LogP contribution in [0.3, 0.4) is 0 Å². The molecule has 2 aliphatic heterocycles. The standard InChI is InChI=1S/C35H31N3O6S2/c1-17-8-11-19(12-9-17)36-25(39)16-44-23-13-10-18(14-24(23)43-2)26-27-21-15-22(30(27)45-32-31(26)46-35(42)37-32)29-28(21)33(40)38(34(29)41)20-6-4-3-5-7-20/h3-14,21-22,26-30H,15-16H2,1-2H3,(H,36,39)(H,37,42)/t21-,22-,26-,27?,28?,29?,30?/m1/s1. The summed E-state index contributed by atoms with van der Waals surface area (Å²) in [6.45, 7) is 1.79. The van der Waals surface area contributed by atoms with E-state index >= 15 is 0 Å². The highest BCUT2D eigenvalue weighted by molar-refractivity contribution is 8.00. The molecule has 3 heterocycles. The van der Waals surface area contributed by atoms with E-state index < -0.39 is 0 Å². The van der Waals surface area contributed by atoms with Gasteiger partial charge in [-0.15, -0.1) is 11.8 Å². The van der Waals surface area contributed by atoms with Crippen LogP contribution in [0.1, 0.15) is 28.3 Å². The molecule has 2 saturated carbocycles. The fourth-order valence-corrected chi connectivity index (χ4v) is 11.1. The number of ether oxygens (including phenoxy) is 2. The Labute approximate surface area is 273 Å². The van der Waals surface area contributed by atoms with Gasteiger partial charge in [-0.1, -0.05) is 53.3 Å². The number of thiazole rings is 1. The van der Waals surface area contributed by atoms with Crippen LogP contribution in [0.5, 0.6) is 11.5 Å². The van der Waals surface area contributed by atoms with Gasteiger partial charge in [-0.3, -0.25) is 24.1 Å². The van der Waals surface area contributed by atoms with E-state index in [1.165, 1.54) is 16.2 Å². The molecule has 1 aromatic heterocycles. The number of aromatic nitrogens is 1. The van der Waals surface area contributed by atoms with Crippen LogP contribution in [0.2, 0.25) is 0 Å². The van der Waals surface area contributed by atoms with E-state index in [1.54, 1.807) is 24.9 Å². The second kappa shape index (κ2) is 11.2. The Hall–Kier alpha value is -4.35. The van der Waals surface area contributed by atoms with Crippen LogP contribution in [0.15, 0.2) is 82.6 Å². The molecule has 4 aromatic rings. The molecule has 1 saturated heterocycles. The van der Waals surface area contributed by atoms with Gasteiger partial charge in [0.05, 0.1) is 29.7 Å². The normalized spacial score (nSPS) is 27.3. The quantitative estimate of drug-likeness (QED) is 0.255. The lowest BCUT2D eigenvalue weighted by Gasteiger charge is -2.43. The van der Waals surface area contributed by atoms with E-state index in [4.69, 9.17) is 9.47 Å². The molecule has 234 valence electrons. The number of fused-ring (bicyclic) bond motifs is 9. The summed E-state index contributed by atoms with van der Waals surface area (Å²) in [5.74, 6) is -0.418. The molecule has 3 aromatic carbocycles. The molecular weight excluding hydrogens is 623 g/mol. The third kappa shape index (κ3) is 4.59. The zero-order chi connectivity index (χ0) is 31.7. The maximum Gasteiger partial charge on any atom is 0.305 e. The first-order valence-electron chi connectivity index (χ1n) is 15.3. The second-order valence-corrected chi connectivity index (χ2v) is 14.6. The number of carbonyl (C=O) groups excluding carboxylic acids is 3. The summed E-state index contributed by atoms with van der Waals surface area (Å²) in [7, 11) is 1.56. The average Bonchev–Trinajstić information content (AvgIpc) is 3.80. The number of amides is 3. The van der Waals surface area contributed by atoms with Crippen molar-refractivity contribution in [3.8, 4) is 11.5 Å². The molecule has 4 unspecified atom stereocenters. The van der Waals surface area contributed by atoms with Crippen LogP contribution >= 0.6 is 23.1 Å². The molecule has 2 bridgehead atoms. The molecule has 11 heteroatoms. The van der Waals surface area contributed by atoms with Crippen molar-refractivity contribution in [1.29, 1.82) is 0 Å². The van der Waals surface area contributed by atoms with Crippen molar-refractivity contribution < 1.29 is 23.9 Å². The van der Waals surface area contributed by atoms with Crippen LogP contribution in [-0.4, -0.2) is 41.7 Å². The number of methoxy groups -OCH3 is 1. The maximum absolute atomic E-state index is 13.9. The van der Waals surface area contributed by atoms with Gasteiger partial charge in [0.25, 0.3) is 5.91 Å². The summed E-state index contributed by atoms with van der Waals surface area (Å²) in [6, 6.07) is 22.4. The summed E-state index contributed by atoms with van der Waals surface area (Å²) >= 11 is 2.87. The van der Waals surface area contributed by atoms with Crippen LogP contribution in [0.25, 0.3) is 0 Å². The Morgan fingerprint density at radius 1 is 0.957 bits per heavy atom. The largest absolute Gasteiger partial charge is 0.493 e. The topological polar surface area (TPSA) is 118 Å². The summed E-state index contributed by atoms with van der Waals surface area (Å²) < 4.78 is 11.6. The highest BCUT2D eigenvalue weighted by atomic mass is 32.2. The number of anilines is 2. The second-order valence-electron chi connectivity index (χ2n) is 12.4. The fourth-order valence-electron chi connectivity index (χ4n) is 8.20. The molecule has 4 aliphatic rings. The molecule has 3 amide bonds. The number of aryl methyl sites for hydroxylation is 1. The predicted molar refractivity (Wildman–Crippen MR) is 176 cm³/mol. The Bertz CT molecular complexity index is 1920. The van der Waals surface area contributed by atoms with Gasteiger partial charge >= 0.3 is 4.87 Å². The lowest BCUT2D eigenvalue weighted by Crippen LogP contribution is -2.42. The third-order valence-electron chi connectivity index (χ3n) is 9.98. The molecule has 0 spiro atoms. The number of carbonyl (C=O) groups is 3. The molecule has 46 heavy (non-hydrogen) atoms. The van der Waals surface area contributed by atoms with Crippen molar-refractivity contribution in [3.05, 3.63) is 98.5 Å². The van der Waals surface area contributed by atoms with Crippen molar-refractivity contribution in [1.82, 2.24) is 4.98 Å². The van der Waals surface area contributed by atoms with Crippen LogP contribution in [-0.2, 0) is 14.4 Å². The molecular formula is C35H31N3O6S2. The van der Waals surface area contributed by atoms with Crippen LogP contribution in [0, 0.1) is 36.5 Å². The highest BCUT2D eigenvalue weighted by Crippen LogP contribution is 2.68. The average molecular weight is 654 g/mol. The van der Waals surface area contributed by atoms with Crippen LogP contribution < -0.4 is 24.6 Å². The maximum atomic E-state index is 13.9. The molecule has 0 radical (unpaired) electrons. The summed E-state index contributed by atoms with van der Waals surface area (Å²) in [5, 5.41) is 3.76. The minimum Gasteiger partial charge on any atom is -0.493 e. The number of para-hydroxylation sites is 1. The van der Waals surface area contributed by atoms with Crippen molar-refractivity contribution >= 4 is 52.2 Å². The van der Waals surface area contributed by atoms with Gasteiger partial charge in [-0.2, -0.15) is 0 Å². The van der Waals surface area contributed by atoms with Gasteiger partial charge in [0.15, 0.2) is 18.1 Å². The first-order chi connectivity index (χ1) is 22.3. The van der Waals surface area contributed by atoms with Gasteiger partial charge in [-0.25, -0.2) is 0 Å². The van der Waals surface area contributed by atoms with E-state index in [9.17, 15) is 19.2 Å². The molecule has 9 nitrogen and oxygen atoms in total. The van der Waals surface area contributed by atoms with Crippen molar-refractivity contribution in [2.75, 3.05) is 23.9 Å². The number of nitrogens with zero attached hydrogens (tertiary/aromatic N) is 1. The number of nitrogens with one attached hydrogen (secondary N) is 2. The number of benzene rings is 3. The number of hydrogen-bond acceptors (Lipinski definition) is 8. The minimum atomic E-state index is -0.379. The SMILES string of the molecule is COc1cc([C@H]2c3sc(=O)[nH]c3SC3C2[C@H]2C[C@@H]3C3C(=O)N(c4ccccc4)C(=O)C32)ccc1OCC(=O)Nc1ccc(C)cc1. The van der Waals surface area contributed by atoms with Crippen molar-refractivity contribution in [2.24, 2.45) is 29.6 Å². The number of rotatable bonds is 7. The molecule has 3 fully saturated rings. The monoisotopic (exact) mass is 653 g/mol. The van der Waals surface area contributed by atoms with Gasteiger partial charge in [0.1, 0.15) is 0 Å². The van der Waals surface area contributed by atoms with Gasteiger partial charge in [0.2, 0.25) is 11.8 Å². The van der Waals surface area contributed by atoms with Crippen molar-refractivity contribution in [2.45, 2.75) is 29.5 Å². The van der Waals surface area contributed by atoms with E-state index in [0.717, 1.165) is 27.5 Å². The van der Waals surface area contributed by atoms with Gasteiger partial charge in [0, 0.05) is 21.7 Å². The summed E-state index contributed by atoms with van der Waals surface area (Å²) in [4.78, 5) is 58.3. The molecule has 2 N–H and O–H groups in total. The van der Waals surface area contributed by atoms with Crippen LogP contribution in [0.4, 0.5) is 11.4 Å². The molecule has 7 atom stereocenters. The first kappa shape index (κ1) is 29.1. The smallest absolute Gasteiger partial charge is 0.305 e. The van der Waals surface area contributed by atoms with Gasteiger partial charge in [-0.05, 0) is 73.1 Å². The summed E-state index contributed by atoms with van der Waals surface area (Å²) in [5.41, 5.74) is 3.36. The van der Waals surface area contributed by atoms with E-state index in [2.05, 4.69) is 10.3 Å². The molecule has 2 aliphatic carbocycles. The zero-order valence-electron chi connectivity index (χ0n) is 25.1. The molecule has 8 rings (SSSR count). The highest BCUT2D eigenvalue weighted by Gasteiger charge is 2.69. The van der Waals surface area contributed by atoms with Crippen molar-refractivity contribution in [3.63, 3.8) is 0 Å².